The number of carbonyl (C=O) groups is 3. The fraction of sp³-hybridized carbons (Fsp3) is 0.207. The molecule has 0 bridgehead atoms. The standard InChI is InChI=1S/C28H27FN4O5.CH4/c1-18(34)26(28(37)33-38)32-27(36)21-12-8-19(9-13-21)6-7-20-10-14-23(15-11-20)31-25(35)17-30-16-22-4-2-3-5-24(22)29;/h2-5,8-15,18,26,30,34,38H,16-17H2,1H3,(H,31,35)(H,32,36)(H,33,37);1H4/t18-,26+;/m1./s1. The molecule has 0 aliphatic heterocycles. The van der Waals surface area contributed by atoms with E-state index in [0.717, 1.165) is 0 Å². The number of carbonyl (C=O) groups excluding carboxylic acids is 3. The topological polar surface area (TPSA) is 140 Å². The van der Waals surface area contributed by atoms with Crippen LogP contribution in [0.5, 0.6) is 0 Å². The van der Waals surface area contributed by atoms with E-state index < -0.39 is 24.0 Å². The van der Waals surface area contributed by atoms with Crippen LogP contribution in [0.1, 0.15) is 41.4 Å². The predicted octanol–water partition coefficient (Wildman–Crippen LogP) is 2.57. The zero-order valence-corrected chi connectivity index (χ0v) is 20.5. The molecule has 3 rings (SSSR count). The first kappa shape index (κ1) is 30.7. The molecule has 0 saturated heterocycles. The molecule has 0 spiro atoms. The van der Waals surface area contributed by atoms with E-state index >= 15 is 0 Å². The molecular formula is C29H31FN4O5. The molecule has 39 heavy (non-hydrogen) atoms. The lowest BCUT2D eigenvalue weighted by Crippen LogP contribution is -2.51. The lowest BCUT2D eigenvalue weighted by molar-refractivity contribution is -0.133. The van der Waals surface area contributed by atoms with Crippen molar-refractivity contribution < 1.29 is 29.1 Å². The molecule has 3 aromatic carbocycles. The Morgan fingerprint density at radius 2 is 1.51 bits per heavy atom. The smallest absolute Gasteiger partial charge is 0.268 e. The molecule has 0 aliphatic carbocycles. The van der Waals surface area contributed by atoms with Crippen molar-refractivity contribution in [3.8, 4) is 11.8 Å². The largest absolute Gasteiger partial charge is 0.391 e. The van der Waals surface area contributed by atoms with Crippen molar-refractivity contribution in [3.05, 3.63) is 101 Å². The second kappa shape index (κ2) is 15.0. The first-order chi connectivity index (χ1) is 18.3. The van der Waals surface area contributed by atoms with Gasteiger partial charge in [0.05, 0.1) is 12.6 Å². The van der Waals surface area contributed by atoms with Gasteiger partial charge in [-0.2, -0.15) is 0 Å². The van der Waals surface area contributed by atoms with E-state index in [1.807, 2.05) is 0 Å². The van der Waals surface area contributed by atoms with Gasteiger partial charge >= 0.3 is 0 Å². The SMILES string of the molecule is C.C[C@@H](O)[C@H](NC(=O)c1ccc(C#Cc2ccc(NC(=O)CNCc3ccccc3F)cc2)cc1)C(=O)NO. The molecule has 0 radical (unpaired) electrons. The maximum atomic E-state index is 13.6. The average molecular weight is 535 g/mol. The zero-order valence-electron chi connectivity index (χ0n) is 20.5. The predicted molar refractivity (Wildman–Crippen MR) is 145 cm³/mol. The molecular weight excluding hydrogens is 503 g/mol. The van der Waals surface area contributed by atoms with Crippen molar-refractivity contribution in [2.75, 3.05) is 11.9 Å². The Hall–Kier alpha value is -4.56. The van der Waals surface area contributed by atoms with Crippen molar-refractivity contribution in [1.29, 1.82) is 0 Å². The summed E-state index contributed by atoms with van der Waals surface area (Å²) in [7, 11) is 0. The van der Waals surface area contributed by atoms with E-state index in [0.29, 0.717) is 22.4 Å². The number of nitrogens with one attached hydrogen (secondary N) is 4. The zero-order chi connectivity index (χ0) is 27.5. The summed E-state index contributed by atoms with van der Waals surface area (Å²) in [4.78, 5) is 36.1. The molecule has 204 valence electrons. The third-order valence-electron chi connectivity index (χ3n) is 5.39. The van der Waals surface area contributed by atoms with Crippen molar-refractivity contribution >= 4 is 23.4 Å². The van der Waals surface area contributed by atoms with Crippen LogP contribution in [0.2, 0.25) is 0 Å². The van der Waals surface area contributed by atoms with Crippen LogP contribution in [0.3, 0.4) is 0 Å². The summed E-state index contributed by atoms with van der Waals surface area (Å²) in [6.45, 7) is 1.58. The monoisotopic (exact) mass is 534 g/mol. The van der Waals surface area contributed by atoms with Crippen LogP contribution in [-0.2, 0) is 16.1 Å². The number of hydroxylamine groups is 1. The third-order valence-corrected chi connectivity index (χ3v) is 5.39. The Morgan fingerprint density at radius 3 is 2.08 bits per heavy atom. The molecule has 10 heteroatoms. The maximum absolute atomic E-state index is 13.6. The first-order valence-electron chi connectivity index (χ1n) is 11.7. The summed E-state index contributed by atoms with van der Waals surface area (Å²) in [5, 5.41) is 26.4. The van der Waals surface area contributed by atoms with Gasteiger partial charge in [-0.05, 0) is 61.5 Å². The molecule has 0 saturated carbocycles. The highest BCUT2D eigenvalue weighted by Crippen LogP contribution is 2.10. The van der Waals surface area contributed by atoms with Gasteiger partial charge in [-0.3, -0.25) is 19.6 Å². The molecule has 0 unspecified atom stereocenters. The van der Waals surface area contributed by atoms with E-state index in [1.54, 1.807) is 54.6 Å². The highest BCUT2D eigenvalue weighted by atomic mass is 19.1. The van der Waals surface area contributed by atoms with Gasteiger partial charge in [0.2, 0.25) is 5.91 Å². The summed E-state index contributed by atoms with van der Waals surface area (Å²) >= 11 is 0. The van der Waals surface area contributed by atoms with E-state index in [1.165, 1.54) is 30.6 Å². The summed E-state index contributed by atoms with van der Waals surface area (Å²) in [6.07, 6.45) is -1.21. The van der Waals surface area contributed by atoms with Crippen LogP contribution in [-0.4, -0.2) is 46.7 Å². The number of aliphatic hydroxyl groups is 1. The van der Waals surface area contributed by atoms with Crippen LogP contribution in [0.25, 0.3) is 0 Å². The van der Waals surface area contributed by atoms with E-state index in [2.05, 4.69) is 27.8 Å². The number of amides is 3. The number of hydrogen-bond donors (Lipinski definition) is 6. The number of rotatable bonds is 9. The van der Waals surface area contributed by atoms with Crippen molar-refractivity contribution in [3.63, 3.8) is 0 Å². The lowest BCUT2D eigenvalue weighted by atomic mass is 10.1. The van der Waals surface area contributed by atoms with Gasteiger partial charge in [0.1, 0.15) is 11.9 Å². The lowest BCUT2D eigenvalue weighted by Gasteiger charge is -2.19. The molecule has 9 nitrogen and oxygen atoms in total. The summed E-state index contributed by atoms with van der Waals surface area (Å²) in [5.41, 5.74) is 4.07. The molecule has 6 N–H and O–H groups in total. The van der Waals surface area contributed by atoms with Crippen molar-refractivity contribution in [2.24, 2.45) is 0 Å². The normalized spacial score (nSPS) is 11.6. The highest BCUT2D eigenvalue weighted by Gasteiger charge is 2.25. The highest BCUT2D eigenvalue weighted by molar-refractivity contribution is 5.97. The number of benzene rings is 3. The minimum Gasteiger partial charge on any atom is -0.391 e. The van der Waals surface area contributed by atoms with Gasteiger partial charge in [0.15, 0.2) is 0 Å². The number of halogens is 1. The van der Waals surface area contributed by atoms with Gasteiger partial charge < -0.3 is 21.1 Å². The molecule has 0 fully saturated rings. The minimum absolute atomic E-state index is 0. The average Bonchev–Trinajstić information content (AvgIpc) is 2.92. The number of anilines is 1. The number of aliphatic hydroxyl groups excluding tert-OH is 1. The summed E-state index contributed by atoms with van der Waals surface area (Å²) < 4.78 is 13.6. The first-order valence-corrected chi connectivity index (χ1v) is 11.7. The molecule has 0 aromatic heterocycles. The van der Waals surface area contributed by atoms with Gasteiger partial charge in [-0.15, -0.1) is 0 Å². The van der Waals surface area contributed by atoms with E-state index in [-0.39, 0.29) is 37.8 Å². The van der Waals surface area contributed by atoms with Gasteiger partial charge in [0, 0.05) is 34.5 Å². The van der Waals surface area contributed by atoms with Crippen LogP contribution in [0, 0.1) is 17.7 Å². The van der Waals surface area contributed by atoms with Crippen molar-refractivity contribution in [2.45, 2.75) is 33.0 Å². The van der Waals surface area contributed by atoms with Crippen LogP contribution < -0.4 is 21.4 Å². The molecule has 3 aromatic rings. The van der Waals surface area contributed by atoms with Crippen molar-refractivity contribution in [1.82, 2.24) is 16.1 Å². The molecule has 2 atom stereocenters. The van der Waals surface area contributed by atoms with Crippen LogP contribution in [0.4, 0.5) is 10.1 Å². The number of hydrogen-bond acceptors (Lipinski definition) is 6. The Balaban J connectivity index is 0.00000533. The van der Waals surface area contributed by atoms with Gasteiger partial charge in [-0.25, -0.2) is 9.87 Å². The second-order valence-corrected chi connectivity index (χ2v) is 8.32. The fourth-order valence-electron chi connectivity index (χ4n) is 3.34. The Labute approximate surface area is 226 Å². The molecule has 3 amide bonds. The Kier molecular flexibility index (Phi) is 11.8. The van der Waals surface area contributed by atoms with E-state index in [9.17, 15) is 23.9 Å². The quantitative estimate of drug-likeness (QED) is 0.142. The summed E-state index contributed by atoms with van der Waals surface area (Å²) in [5.74, 6) is 3.85. The maximum Gasteiger partial charge on any atom is 0.268 e. The minimum atomic E-state index is -1.31. The second-order valence-electron chi connectivity index (χ2n) is 8.32. The van der Waals surface area contributed by atoms with Crippen LogP contribution >= 0.6 is 0 Å². The Bertz CT molecular complexity index is 1330. The van der Waals surface area contributed by atoms with Gasteiger partial charge in [0.25, 0.3) is 11.8 Å². The van der Waals surface area contributed by atoms with Crippen LogP contribution in [0.15, 0.2) is 72.8 Å². The van der Waals surface area contributed by atoms with E-state index in [4.69, 9.17) is 5.21 Å². The summed E-state index contributed by atoms with van der Waals surface area (Å²) in [6, 6.07) is 18.3. The molecule has 0 aliphatic rings. The molecule has 0 heterocycles. The van der Waals surface area contributed by atoms with Gasteiger partial charge in [-0.1, -0.05) is 37.5 Å². The fourth-order valence-corrected chi connectivity index (χ4v) is 3.34. The Morgan fingerprint density at radius 1 is 0.923 bits per heavy atom. The third kappa shape index (κ3) is 9.36.